The van der Waals surface area contributed by atoms with Crippen molar-refractivity contribution in [3.8, 4) is 0 Å². The van der Waals surface area contributed by atoms with Gasteiger partial charge in [-0.3, -0.25) is 0 Å². The van der Waals surface area contributed by atoms with Crippen LogP contribution in [0.1, 0.15) is 11.7 Å². The summed E-state index contributed by atoms with van der Waals surface area (Å²) in [5.74, 6) is -0.629. The summed E-state index contributed by atoms with van der Waals surface area (Å²) in [5.41, 5.74) is 0.250. The minimum absolute atomic E-state index is 0.0814. The molecular weight excluding hydrogens is 277 g/mol. The van der Waals surface area contributed by atoms with Gasteiger partial charge < -0.3 is 10.4 Å². The zero-order valence-electron chi connectivity index (χ0n) is 10.4. The van der Waals surface area contributed by atoms with E-state index < -0.39 is 21.8 Å². The van der Waals surface area contributed by atoms with E-state index in [4.69, 9.17) is 0 Å². The van der Waals surface area contributed by atoms with Crippen LogP contribution in [0.15, 0.2) is 21.9 Å². The molecule has 102 valence electrons. The SMILES string of the molecule is CNCC(O)c1cc(F)c(SC)c(S(C)(=O)=O)c1. The molecule has 2 N–H and O–H groups in total. The van der Waals surface area contributed by atoms with Crippen molar-refractivity contribution in [1.29, 1.82) is 0 Å². The van der Waals surface area contributed by atoms with Gasteiger partial charge in [0, 0.05) is 12.8 Å². The molecule has 0 saturated carbocycles. The minimum Gasteiger partial charge on any atom is -0.387 e. The molecule has 0 aliphatic heterocycles. The van der Waals surface area contributed by atoms with Crippen LogP contribution < -0.4 is 5.32 Å². The maximum absolute atomic E-state index is 13.8. The lowest BCUT2D eigenvalue weighted by molar-refractivity contribution is 0.177. The first kappa shape index (κ1) is 15.4. The summed E-state index contributed by atoms with van der Waals surface area (Å²) in [4.78, 5) is -0.00180. The van der Waals surface area contributed by atoms with E-state index in [0.717, 1.165) is 18.0 Å². The highest BCUT2D eigenvalue weighted by Gasteiger charge is 2.20. The number of thioether (sulfide) groups is 1. The molecule has 0 aliphatic rings. The van der Waals surface area contributed by atoms with Crippen molar-refractivity contribution in [3.05, 3.63) is 23.5 Å². The number of halogens is 1. The summed E-state index contributed by atoms with van der Waals surface area (Å²) in [5, 5.41) is 12.5. The van der Waals surface area contributed by atoms with Crippen LogP contribution in [0, 0.1) is 5.82 Å². The molecule has 0 aromatic heterocycles. The Balaban J connectivity index is 3.40. The number of likely N-dealkylation sites (N-methyl/N-ethyl adjacent to an activating group) is 1. The lowest BCUT2D eigenvalue weighted by Gasteiger charge is -2.14. The molecule has 4 nitrogen and oxygen atoms in total. The number of hydrogen-bond donors (Lipinski definition) is 2. The lowest BCUT2D eigenvalue weighted by atomic mass is 10.1. The molecule has 0 heterocycles. The van der Waals surface area contributed by atoms with Crippen LogP contribution in [0.4, 0.5) is 4.39 Å². The first-order chi connectivity index (χ1) is 8.31. The maximum Gasteiger partial charge on any atom is 0.176 e. The smallest absolute Gasteiger partial charge is 0.176 e. The van der Waals surface area contributed by atoms with Gasteiger partial charge in [0.1, 0.15) is 5.82 Å². The van der Waals surface area contributed by atoms with Crippen molar-refractivity contribution in [3.63, 3.8) is 0 Å². The molecule has 0 amide bonds. The maximum atomic E-state index is 13.8. The summed E-state index contributed by atoms with van der Waals surface area (Å²) < 4.78 is 37.1. The third kappa shape index (κ3) is 3.44. The Hall–Kier alpha value is -0.630. The fourth-order valence-corrected chi connectivity index (χ4v) is 3.57. The van der Waals surface area contributed by atoms with Crippen molar-refractivity contribution in [2.75, 3.05) is 26.1 Å². The van der Waals surface area contributed by atoms with Crippen molar-refractivity contribution in [2.45, 2.75) is 15.9 Å². The third-order valence-electron chi connectivity index (χ3n) is 2.42. The predicted molar refractivity (Wildman–Crippen MR) is 70.2 cm³/mol. The lowest BCUT2D eigenvalue weighted by Crippen LogP contribution is -2.17. The summed E-state index contributed by atoms with van der Waals surface area (Å²) in [7, 11) is -1.89. The van der Waals surface area contributed by atoms with E-state index in [1.54, 1.807) is 13.3 Å². The van der Waals surface area contributed by atoms with Crippen LogP contribution in [0.2, 0.25) is 0 Å². The fraction of sp³-hybridized carbons (Fsp3) is 0.455. The minimum atomic E-state index is -3.53. The van der Waals surface area contributed by atoms with Gasteiger partial charge in [0.2, 0.25) is 0 Å². The molecule has 1 aromatic rings. The van der Waals surface area contributed by atoms with Gasteiger partial charge in [0.15, 0.2) is 9.84 Å². The molecule has 1 aromatic carbocycles. The Labute approximate surface area is 111 Å². The molecule has 0 radical (unpaired) electrons. The van der Waals surface area contributed by atoms with Crippen molar-refractivity contribution in [2.24, 2.45) is 0 Å². The van der Waals surface area contributed by atoms with Gasteiger partial charge in [-0.2, -0.15) is 0 Å². The first-order valence-electron chi connectivity index (χ1n) is 5.21. The average Bonchev–Trinajstić information content (AvgIpc) is 2.27. The van der Waals surface area contributed by atoms with Gasteiger partial charge >= 0.3 is 0 Å². The number of aliphatic hydroxyl groups excluding tert-OH is 1. The first-order valence-corrected chi connectivity index (χ1v) is 8.33. The third-order valence-corrected chi connectivity index (χ3v) is 4.49. The second kappa shape index (κ2) is 6.01. The number of sulfone groups is 1. The summed E-state index contributed by atoms with van der Waals surface area (Å²) in [6.07, 6.45) is 1.69. The summed E-state index contributed by atoms with van der Waals surface area (Å²) in [6.45, 7) is 0.223. The summed E-state index contributed by atoms with van der Waals surface area (Å²) in [6, 6.07) is 2.49. The number of benzene rings is 1. The quantitative estimate of drug-likeness (QED) is 0.799. The van der Waals surface area contributed by atoms with Crippen molar-refractivity contribution in [1.82, 2.24) is 5.32 Å². The van der Waals surface area contributed by atoms with Gasteiger partial charge in [-0.1, -0.05) is 0 Å². The van der Waals surface area contributed by atoms with E-state index in [-0.39, 0.29) is 21.9 Å². The Bertz CT molecular complexity index is 531. The van der Waals surface area contributed by atoms with Gasteiger partial charge in [-0.15, -0.1) is 11.8 Å². The highest BCUT2D eigenvalue weighted by atomic mass is 32.2. The number of nitrogens with one attached hydrogen (secondary N) is 1. The van der Waals surface area contributed by atoms with E-state index in [2.05, 4.69) is 5.32 Å². The van der Waals surface area contributed by atoms with Crippen LogP contribution in [-0.4, -0.2) is 39.6 Å². The number of rotatable bonds is 5. The van der Waals surface area contributed by atoms with Crippen molar-refractivity contribution < 1.29 is 17.9 Å². The second-order valence-electron chi connectivity index (χ2n) is 3.88. The van der Waals surface area contributed by atoms with E-state index in [0.29, 0.717) is 0 Å². The van der Waals surface area contributed by atoms with Crippen LogP contribution in [0.3, 0.4) is 0 Å². The zero-order valence-corrected chi connectivity index (χ0v) is 12.0. The second-order valence-corrected chi connectivity index (χ2v) is 6.68. The topological polar surface area (TPSA) is 66.4 Å². The van der Waals surface area contributed by atoms with Gasteiger partial charge in [0.05, 0.1) is 15.9 Å². The van der Waals surface area contributed by atoms with E-state index in [1.807, 2.05) is 0 Å². The molecule has 18 heavy (non-hydrogen) atoms. The Morgan fingerprint density at radius 3 is 2.56 bits per heavy atom. The summed E-state index contributed by atoms with van der Waals surface area (Å²) >= 11 is 1.03. The van der Waals surface area contributed by atoms with Crippen LogP contribution in [0.5, 0.6) is 0 Å². The molecule has 0 bridgehead atoms. The van der Waals surface area contributed by atoms with E-state index in [9.17, 15) is 17.9 Å². The zero-order chi connectivity index (χ0) is 13.9. The van der Waals surface area contributed by atoms with Crippen LogP contribution >= 0.6 is 11.8 Å². The molecule has 1 atom stereocenters. The molecule has 1 rings (SSSR count). The highest BCUT2D eigenvalue weighted by Crippen LogP contribution is 2.30. The number of aliphatic hydroxyl groups is 1. The van der Waals surface area contributed by atoms with Crippen LogP contribution in [-0.2, 0) is 9.84 Å². The molecule has 0 aliphatic carbocycles. The molecule has 0 saturated heterocycles. The Morgan fingerprint density at radius 2 is 2.11 bits per heavy atom. The van der Waals surface area contributed by atoms with E-state index >= 15 is 0 Å². The molecule has 7 heteroatoms. The Kier molecular flexibility index (Phi) is 5.15. The van der Waals surface area contributed by atoms with Crippen LogP contribution in [0.25, 0.3) is 0 Å². The molecule has 0 fully saturated rings. The Morgan fingerprint density at radius 1 is 1.50 bits per heavy atom. The standard InChI is InChI=1S/C11H16FNO3S2/c1-13-6-9(14)7-4-8(12)11(17-2)10(5-7)18(3,15)16/h4-5,9,13-14H,6H2,1-3H3. The molecule has 1 unspecified atom stereocenters. The van der Waals surface area contributed by atoms with Gasteiger partial charge in [-0.05, 0) is 31.0 Å². The molecular formula is C11H16FNO3S2. The van der Waals surface area contributed by atoms with Gasteiger partial charge in [0.25, 0.3) is 0 Å². The highest BCUT2D eigenvalue weighted by molar-refractivity contribution is 7.99. The normalized spacial score (nSPS) is 13.6. The largest absolute Gasteiger partial charge is 0.387 e. The van der Waals surface area contributed by atoms with E-state index in [1.165, 1.54) is 12.1 Å². The fourth-order valence-electron chi connectivity index (χ4n) is 1.57. The average molecular weight is 293 g/mol. The number of hydrogen-bond acceptors (Lipinski definition) is 5. The van der Waals surface area contributed by atoms with Crippen molar-refractivity contribution >= 4 is 21.6 Å². The molecule has 0 spiro atoms. The van der Waals surface area contributed by atoms with Gasteiger partial charge in [-0.25, -0.2) is 12.8 Å². The predicted octanol–water partition coefficient (Wildman–Crippen LogP) is 1.20. The monoisotopic (exact) mass is 293 g/mol.